The van der Waals surface area contributed by atoms with Gasteiger partial charge in [-0.25, -0.2) is 9.97 Å². The Labute approximate surface area is 104 Å². The van der Waals surface area contributed by atoms with Gasteiger partial charge in [0.25, 0.3) is 0 Å². The minimum absolute atomic E-state index is 0.274. The summed E-state index contributed by atoms with van der Waals surface area (Å²) >= 11 is 3.36. The van der Waals surface area contributed by atoms with Crippen LogP contribution in [0.25, 0.3) is 0 Å². The van der Waals surface area contributed by atoms with Crippen LogP contribution in [0.1, 0.15) is 13.8 Å². The smallest absolute Gasteiger partial charge is 0.226 e. The zero-order valence-electron chi connectivity index (χ0n) is 9.56. The first-order valence-electron chi connectivity index (χ1n) is 5.52. The molecule has 1 saturated heterocycles. The van der Waals surface area contributed by atoms with Crippen LogP contribution in [0.15, 0.2) is 16.9 Å². The molecule has 2 heterocycles. The van der Waals surface area contributed by atoms with E-state index in [1.165, 1.54) is 0 Å². The molecule has 4 nitrogen and oxygen atoms in total. The molecule has 16 heavy (non-hydrogen) atoms. The van der Waals surface area contributed by atoms with E-state index in [1.54, 1.807) is 6.20 Å². The fraction of sp³-hybridized carbons (Fsp3) is 0.636. The Bertz CT molecular complexity index is 359. The van der Waals surface area contributed by atoms with Crippen LogP contribution in [-0.2, 0) is 4.74 Å². The molecule has 0 radical (unpaired) electrons. The second-order valence-corrected chi connectivity index (χ2v) is 5.09. The molecule has 1 aliphatic rings. The SMILES string of the molecule is CC(C)[C@@H]1CN(c2nccc(Br)n2)CCO1. The van der Waals surface area contributed by atoms with Gasteiger partial charge in [-0.1, -0.05) is 13.8 Å². The van der Waals surface area contributed by atoms with Gasteiger partial charge in [-0.05, 0) is 27.9 Å². The molecule has 5 heteroatoms. The molecule has 0 saturated carbocycles. The largest absolute Gasteiger partial charge is 0.374 e. The highest BCUT2D eigenvalue weighted by Crippen LogP contribution is 2.18. The normalized spacial score (nSPS) is 21.5. The molecule has 0 amide bonds. The van der Waals surface area contributed by atoms with Crippen molar-refractivity contribution in [2.75, 3.05) is 24.6 Å². The molecule has 1 fully saturated rings. The van der Waals surface area contributed by atoms with Crippen molar-refractivity contribution in [2.24, 2.45) is 5.92 Å². The highest BCUT2D eigenvalue weighted by Gasteiger charge is 2.24. The number of halogens is 1. The Hall–Kier alpha value is -0.680. The molecular formula is C11H16BrN3O. The van der Waals surface area contributed by atoms with Gasteiger partial charge in [0.1, 0.15) is 4.60 Å². The average molecular weight is 286 g/mol. The summed E-state index contributed by atoms with van der Waals surface area (Å²) in [5.74, 6) is 1.30. The molecule has 0 spiro atoms. The molecule has 0 aliphatic carbocycles. The Kier molecular flexibility index (Phi) is 3.76. The molecule has 0 bridgehead atoms. The first-order chi connectivity index (χ1) is 7.66. The Morgan fingerprint density at radius 1 is 1.56 bits per heavy atom. The summed E-state index contributed by atoms with van der Waals surface area (Å²) in [6.45, 7) is 6.83. The van der Waals surface area contributed by atoms with Crippen molar-refractivity contribution >= 4 is 21.9 Å². The minimum Gasteiger partial charge on any atom is -0.374 e. The molecule has 2 rings (SSSR count). The molecule has 0 N–H and O–H groups in total. The second-order valence-electron chi connectivity index (χ2n) is 4.28. The van der Waals surface area contributed by atoms with E-state index in [4.69, 9.17) is 4.74 Å². The molecule has 1 aromatic heterocycles. The number of hydrogen-bond donors (Lipinski definition) is 0. The first-order valence-corrected chi connectivity index (χ1v) is 6.31. The Morgan fingerprint density at radius 2 is 2.38 bits per heavy atom. The van der Waals surface area contributed by atoms with Crippen molar-refractivity contribution in [1.82, 2.24) is 9.97 Å². The van der Waals surface area contributed by atoms with Crippen molar-refractivity contribution in [3.05, 3.63) is 16.9 Å². The van der Waals surface area contributed by atoms with E-state index >= 15 is 0 Å². The third-order valence-corrected chi connectivity index (χ3v) is 3.17. The summed E-state index contributed by atoms with van der Waals surface area (Å²) in [5.41, 5.74) is 0. The van der Waals surface area contributed by atoms with Gasteiger partial charge in [0.15, 0.2) is 0 Å². The number of hydrogen-bond acceptors (Lipinski definition) is 4. The van der Waals surface area contributed by atoms with Crippen molar-refractivity contribution in [1.29, 1.82) is 0 Å². The molecule has 1 aliphatic heterocycles. The minimum atomic E-state index is 0.274. The van der Waals surface area contributed by atoms with E-state index < -0.39 is 0 Å². The van der Waals surface area contributed by atoms with E-state index in [2.05, 4.69) is 44.6 Å². The topological polar surface area (TPSA) is 38.2 Å². The fourth-order valence-corrected chi connectivity index (χ4v) is 2.02. The van der Waals surface area contributed by atoms with Gasteiger partial charge in [-0.15, -0.1) is 0 Å². The van der Waals surface area contributed by atoms with Gasteiger partial charge in [0.05, 0.1) is 12.7 Å². The van der Waals surface area contributed by atoms with Crippen molar-refractivity contribution in [2.45, 2.75) is 20.0 Å². The zero-order chi connectivity index (χ0) is 11.5. The summed E-state index contributed by atoms with van der Waals surface area (Å²) in [6, 6.07) is 1.84. The summed E-state index contributed by atoms with van der Waals surface area (Å²) in [7, 11) is 0. The van der Waals surface area contributed by atoms with Crippen LogP contribution in [0.2, 0.25) is 0 Å². The fourth-order valence-electron chi connectivity index (χ4n) is 1.74. The highest BCUT2D eigenvalue weighted by atomic mass is 79.9. The standard InChI is InChI=1S/C11H16BrN3O/c1-8(2)9-7-15(5-6-16-9)11-13-4-3-10(12)14-11/h3-4,8-9H,5-7H2,1-2H3/t9-/m0/s1. The highest BCUT2D eigenvalue weighted by molar-refractivity contribution is 9.10. The molecule has 0 unspecified atom stereocenters. The van der Waals surface area contributed by atoms with Gasteiger partial charge in [-0.3, -0.25) is 0 Å². The summed E-state index contributed by atoms with van der Waals surface area (Å²) < 4.78 is 6.54. The van der Waals surface area contributed by atoms with Crippen molar-refractivity contribution in [3.8, 4) is 0 Å². The van der Waals surface area contributed by atoms with Crippen LogP contribution >= 0.6 is 15.9 Å². The van der Waals surface area contributed by atoms with Crippen LogP contribution in [0.4, 0.5) is 5.95 Å². The number of anilines is 1. The molecule has 1 aromatic rings. The van der Waals surface area contributed by atoms with Crippen LogP contribution in [0, 0.1) is 5.92 Å². The van der Waals surface area contributed by atoms with Crippen LogP contribution in [0.3, 0.4) is 0 Å². The van der Waals surface area contributed by atoms with Crippen LogP contribution in [-0.4, -0.2) is 35.8 Å². The number of morpholine rings is 1. The maximum atomic E-state index is 5.71. The van der Waals surface area contributed by atoms with Gasteiger partial charge in [0.2, 0.25) is 5.95 Å². The monoisotopic (exact) mass is 285 g/mol. The third kappa shape index (κ3) is 2.71. The average Bonchev–Trinajstić information content (AvgIpc) is 2.29. The van der Waals surface area contributed by atoms with Gasteiger partial charge >= 0.3 is 0 Å². The Morgan fingerprint density at radius 3 is 3.06 bits per heavy atom. The zero-order valence-corrected chi connectivity index (χ0v) is 11.1. The predicted octanol–water partition coefficient (Wildman–Crippen LogP) is 2.10. The number of rotatable bonds is 2. The lowest BCUT2D eigenvalue weighted by Gasteiger charge is -2.34. The number of nitrogens with zero attached hydrogens (tertiary/aromatic N) is 3. The number of aromatic nitrogens is 2. The quantitative estimate of drug-likeness (QED) is 0.780. The Balaban J connectivity index is 2.09. The van der Waals surface area contributed by atoms with Crippen molar-refractivity contribution < 1.29 is 4.74 Å². The summed E-state index contributed by atoms with van der Waals surface area (Å²) in [6.07, 6.45) is 2.04. The van der Waals surface area contributed by atoms with E-state index in [1.807, 2.05) is 6.07 Å². The van der Waals surface area contributed by atoms with E-state index in [-0.39, 0.29) is 6.10 Å². The molecule has 88 valence electrons. The lowest BCUT2D eigenvalue weighted by molar-refractivity contribution is 0.0109. The van der Waals surface area contributed by atoms with E-state index in [0.717, 1.165) is 30.2 Å². The maximum Gasteiger partial charge on any atom is 0.226 e. The van der Waals surface area contributed by atoms with Gasteiger partial charge in [0, 0.05) is 19.3 Å². The van der Waals surface area contributed by atoms with Crippen LogP contribution < -0.4 is 4.90 Å². The van der Waals surface area contributed by atoms with Gasteiger partial charge in [-0.2, -0.15) is 0 Å². The summed E-state index contributed by atoms with van der Waals surface area (Å²) in [4.78, 5) is 10.8. The second kappa shape index (κ2) is 5.10. The van der Waals surface area contributed by atoms with E-state index in [9.17, 15) is 0 Å². The maximum absolute atomic E-state index is 5.71. The lowest BCUT2D eigenvalue weighted by Crippen LogP contribution is -2.45. The molecule has 1 atom stereocenters. The molecular weight excluding hydrogens is 270 g/mol. The van der Waals surface area contributed by atoms with E-state index in [0.29, 0.717) is 5.92 Å². The molecule has 0 aromatic carbocycles. The summed E-state index contributed by atoms with van der Waals surface area (Å²) in [5, 5.41) is 0. The predicted molar refractivity (Wildman–Crippen MR) is 66.5 cm³/mol. The van der Waals surface area contributed by atoms with Gasteiger partial charge < -0.3 is 9.64 Å². The number of ether oxygens (including phenoxy) is 1. The lowest BCUT2D eigenvalue weighted by atomic mass is 10.1. The van der Waals surface area contributed by atoms with Crippen LogP contribution in [0.5, 0.6) is 0 Å². The third-order valence-electron chi connectivity index (χ3n) is 2.73. The van der Waals surface area contributed by atoms with Crippen molar-refractivity contribution in [3.63, 3.8) is 0 Å². The first kappa shape index (κ1) is 11.8.